The maximum absolute atomic E-state index is 13.0. The van der Waals surface area contributed by atoms with Crippen molar-refractivity contribution in [3.63, 3.8) is 0 Å². The van der Waals surface area contributed by atoms with Gasteiger partial charge in [-0.25, -0.2) is 0 Å². The summed E-state index contributed by atoms with van der Waals surface area (Å²) in [6, 6.07) is 0. The summed E-state index contributed by atoms with van der Waals surface area (Å²) in [5.41, 5.74) is 2.57. The molecule has 0 spiro atoms. The normalized spacial score (nSPS) is 28.9. The molecule has 4 atom stereocenters. The molecular formula is C23H35NO3. The number of allylic oxidation sites excluding steroid dienone is 4. The number of likely N-dealkylation sites (tertiary alicyclic amines) is 1. The van der Waals surface area contributed by atoms with Crippen molar-refractivity contribution in [3.8, 4) is 0 Å². The topological polar surface area (TPSA) is 54.5 Å². The van der Waals surface area contributed by atoms with E-state index in [1.807, 2.05) is 0 Å². The fourth-order valence-corrected chi connectivity index (χ4v) is 4.59. The molecule has 0 radical (unpaired) electrons. The molecule has 2 amide bonds. The first-order valence-corrected chi connectivity index (χ1v) is 10.5. The highest BCUT2D eigenvalue weighted by Gasteiger charge is 2.57. The molecule has 2 rings (SSSR count). The Morgan fingerprint density at radius 3 is 2.00 bits per heavy atom. The van der Waals surface area contributed by atoms with Crippen molar-refractivity contribution in [2.45, 2.75) is 73.1 Å². The Labute approximate surface area is 164 Å². The number of ketones is 1. The summed E-state index contributed by atoms with van der Waals surface area (Å²) in [6.07, 6.45) is 10.9. The zero-order valence-corrected chi connectivity index (χ0v) is 17.6. The molecule has 4 heteroatoms. The van der Waals surface area contributed by atoms with Crippen LogP contribution in [0.1, 0.15) is 73.1 Å². The Morgan fingerprint density at radius 1 is 0.963 bits per heavy atom. The lowest BCUT2D eigenvalue weighted by Gasteiger charge is -2.18. The third kappa shape index (κ3) is 4.97. The van der Waals surface area contributed by atoms with Gasteiger partial charge in [-0.2, -0.15) is 0 Å². The molecule has 0 N–H and O–H groups in total. The van der Waals surface area contributed by atoms with Gasteiger partial charge in [0.15, 0.2) is 0 Å². The molecule has 150 valence electrons. The van der Waals surface area contributed by atoms with Crippen LogP contribution in [0.3, 0.4) is 0 Å². The summed E-state index contributed by atoms with van der Waals surface area (Å²) in [7, 11) is 0. The number of nitrogens with zero attached hydrogens (tertiary/aromatic N) is 1. The molecule has 1 saturated carbocycles. The van der Waals surface area contributed by atoms with E-state index in [2.05, 4.69) is 39.8 Å². The molecule has 1 aliphatic carbocycles. The van der Waals surface area contributed by atoms with Gasteiger partial charge in [-0.15, -0.1) is 0 Å². The SMILES string of the molecule is CCCCC/C(C)=C/C1CC(/C=C(/C)CC)C2C(=O)N(CC(C)=O)C(=O)C12. The fraction of sp³-hybridized carbons (Fsp3) is 0.696. The Morgan fingerprint density at radius 2 is 1.52 bits per heavy atom. The van der Waals surface area contributed by atoms with Crippen LogP contribution < -0.4 is 0 Å². The molecule has 0 aromatic heterocycles. The van der Waals surface area contributed by atoms with Crippen LogP contribution in [-0.4, -0.2) is 29.0 Å². The van der Waals surface area contributed by atoms with Crippen molar-refractivity contribution < 1.29 is 14.4 Å². The van der Waals surface area contributed by atoms with E-state index in [1.165, 1.54) is 42.2 Å². The van der Waals surface area contributed by atoms with Crippen LogP contribution in [0.15, 0.2) is 23.3 Å². The Balaban J connectivity index is 2.28. The van der Waals surface area contributed by atoms with Gasteiger partial charge in [0.2, 0.25) is 11.8 Å². The first-order chi connectivity index (χ1) is 12.8. The molecule has 0 aromatic carbocycles. The summed E-state index contributed by atoms with van der Waals surface area (Å²) in [5, 5.41) is 0. The van der Waals surface area contributed by atoms with Crippen molar-refractivity contribution in [3.05, 3.63) is 23.3 Å². The molecule has 1 aliphatic heterocycles. The zero-order chi connectivity index (χ0) is 20.1. The minimum absolute atomic E-state index is 0.0836. The minimum Gasteiger partial charge on any atom is -0.298 e. The number of rotatable bonds is 9. The monoisotopic (exact) mass is 373 g/mol. The number of carbonyl (C=O) groups is 3. The number of carbonyl (C=O) groups excluding carboxylic acids is 3. The van der Waals surface area contributed by atoms with Crippen LogP contribution >= 0.6 is 0 Å². The van der Waals surface area contributed by atoms with Gasteiger partial charge < -0.3 is 0 Å². The van der Waals surface area contributed by atoms with Crippen molar-refractivity contribution >= 4 is 17.6 Å². The van der Waals surface area contributed by atoms with Crippen molar-refractivity contribution in [2.75, 3.05) is 6.54 Å². The van der Waals surface area contributed by atoms with Gasteiger partial charge >= 0.3 is 0 Å². The number of imide groups is 1. The van der Waals surface area contributed by atoms with E-state index in [-0.39, 0.29) is 47.8 Å². The highest BCUT2D eigenvalue weighted by Crippen LogP contribution is 2.49. The summed E-state index contributed by atoms with van der Waals surface area (Å²) < 4.78 is 0. The van der Waals surface area contributed by atoms with Crippen molar-refractivity contribution in [1.29, 1.82) is 0 Å². The quantitative estimate of drug-likeness (QED) is 0.334. The van der Waals surface area contributed by atoms with Crippen molar-refractivity contribution in [2.24, 2.45) is 23.7 Å². The Hall–Kier alpha value is -1.71. The van der Waals surface area contributed by atoms with Crippen LogP contribution in [0.2, 0.25) is 0 Å². The fourth-order valence-electron chi connectivity index (χ4n) is 4.59. The molecule has 1 heterocycles. The number of hydrogen-bond donors (Lipinski definition) is 0. The molecule has 1 saturated heterocycles. The van der Waals surface area contributed by atoms with Crippen LogP contribution in [-0.2, 0) is 14.4 Å². The number of unbranched alkanes of at least 4 members (excludes halogenated alkanes) is 2. The summed E-state index contributed by atoms with van der Waals surface area (Å²) in [6.45, 7) is 9.88. The van der Waals surface area contributed by atoms with Gasteiger partial charge in [0, 0.05) is 0 Å². The number of Topliss-reactive ketones (excluding diaryl/α,β-unsaturated/α-hetero) is 1. The molecule has 2 aliphatic rings. The summed E-state index contributed by atoms with van der Waals surface area (Å²) >= 11 is 0. The number of hydrogen-bond acceptors (Lipinski definition) is 3. The largest absolute Gasteiger partial charge is 0.298 e. The molecule has 0 bridgehead atoms. The van der Waals surface area contributed by atoms with Gasteiger partial charge in [0.25, 0.3) is 0 Å². The van der Waals surface area contributed by atoms with Gasteiger partial charge in [-0.1, -0.05) is 50.0 Å². The van der Waals surface area contributed by atoms with Crippen LogP contribution in [0.5, 0.6) is 0 Å². The second-order valence-corrected chi connectivity index (χ2v) is 8.42. The van der Waals surface area contributed by atoms with Gasteiger partial charge in [-0.3, -0.25) is 19.3 Å². The number of fused-ring (bicyclic) bond motifs is 1. The third-order valence-electron chi connectivity index (χ3n) is 6.07. The van der Waals surface area contributed by atoms with E-state index >= 15 is 0 Å². The zero-order valence-electron chi connectivity index (χ0n) is 17.6. The van der Waals surface area contributed by atoms with E-state index in [9.17, 15) is 14.4 Å². The molecular weight excluding hydrogens is 338 g/mol. The standard InChI is InChI=1S/C23H35NO3/c1-6-8-9-10-16(4)12-19-13-18(11-15(3)7-2)20-21(19)23(27)24(22(20)26)14-17(5)25/h11-12,18-21H,6-10,13-14H2,1-5H3/b15-11-,16-12+. The van der Waals surface area contributed by atoms with E-state index in [1.54, 1.807) is 0 Å². The maximum Gasteiger partial charge on any atom is 0.234 e. The van der Waals surface area contributed by atoms with E-state index in [0.717, 1.165) is 19.3 Å². The highest BCUT2D eigenvalue weighted by molar-refractivity contribution is 6.08. The maximum atomic E-state index is 13.0. The van der Waals surface area contributed by atoms with Gasteiger partial charge in [-0.05, 0) is 58.3 Å². The van der Waals surface area contributed by atoms with Crippen LogP contribution in [0.25, 0.3) is 0 Å². The molecule has 2 fully saturated rings. The lowest BCUT2D eigenvalue weighted by atomic mass is 9.87. The lowest BCUT2D eigenvalue weighted by molar-refractivity contribution is -0.143. The van der Waals surface area contributed by atoms with E-state index in [0.29, 0.717) is 0 Å². The molecule has 4 unspecified atom stereocenters. The predicted molar refractivity (Wildman–Crippen MR) is 108 cm³/mol. The Kier molecular flexibility index (Phi) is 7.58. The second-order valence-electron chi connectivity index (χ2n) is 8.42. The summed E-state index contributed by atoms with van der Waals surface area (Å²) in [5.74, 6) is -0.856. The second kappa shape index (κ2) is 9.48. The van der Waals surface area contributed by atoms with Gasteiger partial charge in [0.05, 0.1) is 18.4 Å². The average molecular weight is 374 g/mol. The average Bonchev–Trinajstić information content (AvgIpc) is 3.06. The van der Waals surface area contributed by atoms with Crippen molar-refractivity contribution in [1.82, 2.24) is 4.90 Å². The van der Waals surface area contributed by atoms with Crippen LogP contribution in [0, 0.1) is 23.7 Å². The van der Waals surface area contributed by atoms with Crippen LogP contribution in [0.4, 0.5) is 0 Å². The Bertz CT molecular complexity index is 646. The highest BCUT2D eigenvalue weighted by atomic mass is 16.2. The molecule has 4 nitrogen and oxygen atoms in total. The smallest absolute Gasteiger partial charge is 0.234 e. The summed E-state index contributed by atoms with van der Waals surface area (Å²) in [4.78, 5) is 38.7. The molecule has 27 heavy (non-hydrogen) atoms. The number of amides is 2. The predicted octanol–water partition coefficient (Wildman–Crippen LogP) is 4.70. The van der Waals surface area contributed by atoms with E-state index in [4.69, 9.17) is 0 Å². The van der Waals surface area contributed by atoms with Gasteiger partial charge in [0.1, 0.15) is 5.78 Å². The minimum atomic E-state index is -0.303. The first-order valence-electron chi connectivity index (χ1n) is 10.5. The first kappa shape index (κ1) is 21.6. The molecule has 0 aromatic rings. The third-order valence-corrected chi connectivity index (χ3v) is 6.07. The lowest BCUT2D eigenvalue weighted by Crippen LogP contribution is -2.37. The van der Waals surface area contributed by atoms with E-state index < -0.39 is 0 Å².